The van der Waals surface area contributed by atoms with Gasteiger partial charge in [-0.3, -0.25) is 0 Å². The molecule has 0 aromatic rings. The van der Waals surface area contributed by atoms with E-state index in [-0.39, 0.29) is 6.10 Å². The molecular formula is C7H12O2. The Kier molecular flexibility index (Phi) is 1.08. The van der Waals surface area contributed by atoms with E-state index in [9.17, 15) is 0 Å². The first-order valence-electron chi connectivity index (χ1n) is 3.57. The van der Waals surface area contributed by atoms with Gasteiger partial charge in [-0.05, 0) is 19.3 Å². The van der Waals surface area contributed by atoms with E-state index in [0.29, 0.717) is 5.41 Å². The molecule has 1 saturated carbocycles. The fraction of sp³-hybridized carbons (Fsp3) is 1.00. The molecule has 1 aliphatic heterocycles. The van der Waals surface area contributed by atoms with Gasteiger partial charge in [0.15, 0.2) is 0 Å². The Bertz CT molecular complexity index is 108. The third-order valence-corrected chi connectivity index (χ3v) is 2.52. The lowest BCUT2D eigenvalue weighted by molar-refractivity contribution is -0.0357. The number of aliphatic hydroxyl groups excluding tert-OH is 1. The Hall–Kier alpha value is -0.0800. The summed E-state index contributed by atoms with van der Waals surface area (Å²) in [5.74, 6) is 0. The molecule has 2 fully saturated rings. The molecule has 0 amide bonds. The summed E-state index contributed by atoms with van der Waals surface area (Å²) in [5, 5.41) is 9.02. The molecule has 0 atom stereocenters. The Morgan fingerprint density at radius 2 is 2.22 bits per heavy atom. The standard InChI is InChI=1S/C7H12O2/c8-6-3-7(4-6)1-2-9-5-7/h6,8H,1-5H2. The zero-order valence-corrected chi connectivity index (χ0v) is 5.47. The first-order valence-corrected chi connectivity index (χ1v) is 3.57. The lowest BCUT2D eigenvalue weighted by Gasteiger charge is -2.41. The van der Waals surface area contributed by atoms with E-state index in [0.717, 1.165) is 26.1 Å². The van der Waals surface area contributed by atoms with Crippen LogP contribution in [0.15, 0.2) is 0 Å². The molecular weight excluding hydrogens is 116 g/mol. The highest BCUT2D eigenvalue weighted by molar-refractivity contribution is 4.95. The van der Waals surface area contributed by atoms with Crippen molar-refractivity contribution < 1.29 is 9.84 Å². The summed E-state index contributed by atoms with van der Waals surface area (Å²) >= 11 is 0. The van der Waals surface area contributed by atoms with Gasteiger partial charge in [-0.15, -0.1) is 0 Å². The van der Waals surface area contributed by atoms with Gasteiger partial charge in [-0.2, -0.15) is 0 Å². The van der Waals surface area contributed by atoms with E-state index in [1.54, 1.807) is 0 Å². The lowest BCUT2D eigenvalue weighted by atomic mass is 9.66. The summed E-state index contributed by atoms with van der Waals surface area (Å²) in [5.41, 5.74) is 0.416. The van der Waals surface area contributed by atoms with Crippen molar-refractivity contribution in [3.8, 4) is 0 Å². The number of hydrogen-bond acceptors (Lipinski definition) is 2. The SMILES string of the molecule is OC1CC2(CCOC2)C1. The van der Waals surface area contributed by atoms with Gasteiger partial charge in [0, 0.05) is 12.0 Å². The molecule has 1 N–H and O–H groups in total. The number of ether oxygens (including phenoxy) is 1. The second kappa shape index (κ2) is 1.70. The van der Waals surface area contributed by atoms with E-state index < -0.39 is 0 Å². The smallest absolute Gasteiger partial charge is 0.0552 e. The van der Waals surface area contributed by atoms with Crippen LogP contribution in [0.3, 0.4) is 0 Å². The minimum Gasteiger partial charge on any atom is -0.393 e. The highest BCUT2D eigenvalue weighted by atomic mass is 16.5. The van der Waals surface area contributed by atoms with Crippen LogP contribution in [0.25, 0.3) is 0 Å². The van der Waals surface area contributed by atoms with E-state index in [4.69, 9.17) is 9.84 Å². The fourth-order valence-electron chi connectivity index (χ4n) is 1.91. The van der Waals surface area contributed by atoms with Crippen LogP contribution in [0, 0.1) is 5.41 Å². The van der Waals surface area contributed by atoms with Gasteiger partial charge in [-0.1, -0.05) is 0 Å². The molecule has 0 unspecified atom stereocenters. The summed E-state index contributed by atoms with van der Waals surface area (Å²) in [7, 11) is 0. The monoisotopic (exact) mass is 128 g/mol. The van der Waals surface area contributed by atoms with Crippen molar-refractivity contribution in [3.05, 3.63) is 0 Å². The van der Waals surface area contributed by atoms with E-state index >= 15 is 0 Å². The van der Waals surface area contributed by atoms with Crippen LogP contribution in [0.5, 0.6) is 0 Å². The first-order chi connectivity index (χ1) is 4.31. The van der Waals surface area contributed by atoms with Gasteiger partial charge < -0.3 is 9.84 Å². The average Bonchev–Trinajstić information content (AvgIpc) is 2.12. The summed E-state index contributed by atoms with van der Waals surface area (Å²) in [4.78, 5) is 0. The number of hydrogen-bond donors (Lipinski definition) is 1. The van der Waals surface area contributed by atoms with Gasteiger partial charge in [0.1, 0.15) is 0 Å². The summed E-state index contributed by atoms with van der Waals surface area (Å²) in [6, 6.07) is 0. The van der Waals surface area contributed by atoms with E-state index in [1.165, 1.54) is 6.42 Å². The summed E-state index contributed by atoms with van der Waals surface area (Å²) in [6.07, 6.45) is 3.11. The second-order valence-electron chi connectivity index (χ2n) is 3.36. The molecule has 0 bridgehead atoms. The predicted molar refractivity (Wildman–Crippen MR) is 33.1 cm³/mol. The molecule has 2 nitrogen and oxygen atoms in total. The topological polar surface area (TPSA) is 29.5 Å². The Morgan fingerprint density at radius 1 is 1.44 bits per heavy atom. The highest BCUT2D eigenvalue weighted by Crippen LogP contribution is 2.47. The minimum absolute atomic E-state index is 0.0216. The van der Waals surface area contributed by atoms with Crippen LogP contribution >= 0.6 is 0 Å². The molecule has 2 rings (SSSR count). The summed E-state index contributed by atoms with van der Waals surface area (Å²) in [6.45, 7) is 1.80. The van der Waals surface area contributed by atoms with Crippen molar-refractivity contribution in [3.63, 3.8) is 0 Å². The van der Waals surface area contributed by atoms with E-state index in [2.05, 4.69) is 0 Å². The van der Waals surface area contributed by atoms with Crippen molar-refractivity contribution in [1.82, 2.24) is 0 Å². The molecule has 1 aliphatic carbocycles. The van der Waals surface area contributed by atoms with Crippen molar-refractivity contribution in [2.75, 3.05) is 13.2 Å². The van der Waals surface area contributed by atoms with Crippen LogP contribution in [-0.2, 0) is 4.74 Å². The second-order valence-corrected chi connectivity index (χ2v) is 3.36. The molecule has 0 radical (unpaired) electrons. The Balaban J connectivity index is 1.95. The van der Waals surface area contributed by atoms with Gasteiger partial charge in [0.2, 0.25) is 0 Å². The lowest BCUT2D eigenvalue weighted by Crippen LogP contribution is -2.41. The highest BCUT2D eigenvalue weighted by Gasteiger charge is 2.45. The van der Waals surface area contributed by atoms with E-state index in [1.807, 2.05) is 0 Å². The van der Waals surface area contributed by atoms with Gasteiger partial charge in [0.25, 0.3) is 0 Å². The maximum absolute atomic E-state index is 9.02. The van der Waals surface area contributed by atoms with Gasteiger partial charge in [-0.25, -0.2) is 0 Å². The van der Waals surface area contributed by atoms with Crippen LogP contribution in [0.4, 0.5) is 0 Å². The fourth-order valence-corrected chi connectivity index (χ4v) is 1.91. The van der Waals surface area contributed by atoms with Crippen molar-refractivity contribution in [2.45, 2.75) is 25.4 Å². The average molecular weight is 128 g/mol. The van der Waals surface area contributed by atoms with Crippen molar-refractivity contribution >= 4 is 0 Å². The quantitative estimate of drug-likeness (QED) is 0.516. The molecule has 1 spiro atoms. The molecule has 0 aromatic heterocycles. The molecule has 1 saturated heterocycles. The maximum Gasteiger partial charge on any atom is 0.0552 e. The van der Waals surface area contributed by atoms with Crippen molar-refractivity contribution in [2.24, 2.45) is 5.41 Å². The zero-order valence-electron chi connectivity index (χ0n) is 5.47. The van der Waals surface area contributed by atoms with Crippen molar-refractivity contribution in [1.29, 1.82) is 0 Å². The molecule has 0 aromatic carbocycles. The largest absolute Gasteiger partial charge is 0.393 e. The number of aliphatic hydroxyl groups is 1. The van der Waals surface area contributed by atoms with Crippen LogP contribution in [0.2, 0.25) is 0 Å². The minimum atomic E-state index is -0.0216. The van der Waals surface area contributed by atoms with Crippen LogP contribution in [-0.4, -0.2) is 24.4 Å². The Labute approximate surface area is 54.8 Å². The molecule has 2 aliphatic rings. The summed E-state index contributed by atoms with van der Waals surface area (Å²) < 4.78 is 5.24. The first kappa shape index (κ1) is 5.69. The van der Waals surface area contributed by atoms with Crippen LogP contribution in [0.1, 0.15) is 19.3 Å². The van der Waals surface area contributed by atoms with Gasteiger partial charge in [0.05, 0.1) is 12.7 Å². The predicted octanol–water partition coefficient (Wildman–Crippen LogP) is 0.548. The molecule has 2 heteroatoms. The van der Waals surface area contributed by atoms with Gasteiger partial charge >= 0.3 is 0 Å². The molecule has 52 valence electrons. The normalized spacial score (nSPS) is 49.7. The molecule has 1 heterocycles. The maximum atomic E-state index is 9.02. The molecule has 9 heavy (non-hydrogen) atoms. The third kappa shape index (κ3) is 0.775. The third-order valence-electron chi connectivity index (χ3n) is 2.52. The Morgan fingerprint density at radius 3 is 2.67 bits per heavy atom. The number of rotatable bonds is 0. The zero-order chi connectivity index (χ0) is 6.32. The van der Waals surface area contributed by atoms with Crippen LogP contribution < -0.4 is 0 Å².